The van der Waals surface area contributed by atoms with Crippen LogP contribution in [0.1, 0.15) is 16.8 Å². The molecule has 0 aliphatic carbocycles. The number of carbonyl (C=O) groups is 2. The molecule has 15 heavy (non-hydrogen) atoms. The van der Waals surface area contributed by atoms with Crippen molar-refractivity contribution in [3.8, 4) is 0 Å². The molecule has 0 radical (unpaired) electrons. The van der Waals surface area contributed by atoms with Gasteiger partial charge in [0.05, 0.1) is 6.42 Å². The van der Waals surface area contributed by atoms with Crippen molar-refractivity contribution >= 4 is 23.4 Å². The minimum atomic E-state index is -0.450. The van der Waals surface area contributed by atoms with Gasteiger partial charge < -0.3 is 4.74 Å². The minimum absolute atomic E-state index is 0.129. The third-order valence-electron chi connectivity index (χ3n) is 1.76. The summed E-state index contributed by atoms with van der Waals surface area (Å²) in [6.45, 7) is -0.222. The average Bonchev–Trinajstić information content (AvgIpc) is 2.27. The number of esters is 1. The summed E-state index contributed by atoms with van der Waals surface area (Å²) >= 11 is 5.34. The Balaban J connectivity index is 2.40. The molecule has 0 atom stereocenters. The Bertz CT molecular complexity index is 335. The lowest BCUT2D eigenvalue weighted by Gasteiger charge is -2.02. The summed E-state index contributed by atoms with van der Waals surface area (Å²) < 4.78 is 4.73. The number of carbonyl (C=O) groups excluding carboxylic acids is 2. The summed E-state index contributed by atoms with van der Waals surface area (Å²) in [7, 11) is 0. The number of halogens is 1. The number of hydrogen-bond donors (Lipinski definition) is 0. The lowest BCUT2D eigenvalue weighted by molar-refractivity contribution is -0.142. The second-order valence-corrected chi connectivity index (χ2v) is 3.27. The van der Waals surface area contributed by atoms with Gasteiger partial charge in [-0.05, 0) is 0 Å². The average molecular weight is 227 g/mol. The van der Waals surface area contributed by atoms with Gasteiger partial charge in [0.25, 0.3) is 0 Å². The van der Waals surface area contributed by atoms with Crippen LogP contribution in [0.2, 0.25) is 0 Å². The Morgan fingerprint density at radius 3 is 2.47 bits per heavy atom. The molecule has 0 bridgehead atoms. The molecule has 0 heterocycles. The molecule has 3 nitrogen and oxygen atoms in total. The summed E-state index contributed by atoms with van der Waals surface area (Å²) in [5.41, 5.74) is 0.538. The number of rotatable bonds is 5. The van der Waals surface area contributed by atoms with Crippen LogP contribution in [-0.2, 0) is 9.53 Å². The summed E-state index contributed by atoms with van der Waals surface area (Å²) in [5.74, 6) is -0.453. The van der Waals surface area contributed by atoms with E-state index in [4.69, 9.17) is 16.3 Å². The number of ketones is 1. The monoisotopic (exact) mass is 226 g/mol. The first-order chi connectivity index (χ1) is 7.24. The van der Waals surface area contributed by atoms with E-state index >= 15 is 0 Å². The van der Waals surface area contributed by atoms with E-state index in [2.05, 4.69) is 0 Å². The molecule has 80 valence electrons. The number of Topliss-reactive ketones (excluding diaryl/α,β-unsaturated/α-hetero) is 1. The first-order valence-electron chi connectivity index (χ1n) is 4.54. The molecule has 0 aliphatic rings. The smallest absolute Gasteiger partial charge is 0.307 e. The molecule has 0 saturated carbocycles. The van der Waals surface area contributed by atoms with Crippen LogP contribution in [0.15, 0.2) is 30.3 Å². The zero-order valence-corrected chi connectivity index (χ0v) is 8.87. The fourth-order valence-corrected chi connectivity index (χ4v) is 1.16. The van der Waals surface area contributed by atoms with Gasteiger partial charge in [-0.2, -0.15) is 0 Å². The quantitative estimate of drug-likeness (QED) is 0.438. The zero-order valence-electron chi connectivity index (χ0n) is 8.11. The van der Waals surface area contributed by atoms with E-state index in [1.807, 2.05) is 6.07 Å². The lowest BCUT2D eigenvalue weighted by Crippen LogP contribution is -2.14. The van der Waals surface area contributed by atoms with Crippen molar-refractivity contribution in [3.05, 3.63) is 35.9 Å². The molecule has 0 unspecified atom stereocenters. The zero-order chi connectivity index (χ0) is 11.1. The molecule has 4 heteroatoms. The van der Waals surface area contributed by atoms with Crippen molar-refractivity contribution in [1.82, 2.24) is 0 Å². The van der Waals surface area contributed by atoms with Gasteiger partial charge in [-0.25, -0.2) is 0 Å². The Kier molecular flexibility index (Phi) is 4.84. The summed E-state index contributed by atoms with van der Waals surface area (Å²) in [4.78, 5) is 22.4. The molecule has 0 fully saturated rings. The Labute approximate surface area is 93.0 Å². The third kappa shape index (κ3) is 4.13. The highest BCUT2D eigenvalue weighted by molar-refractivity contribution is 6.18. The van der Waals surface area contributed by atoms with Crippen LogP contribution in [0, 0.1) is 0 Å². The van der Waals surface area contributed by atoms with Gasteiger partial charge in [0.1, 0.15) is 0 Å². The molecule has 0 aromatic heterocycles. The number of alkyl halides is 1. The largest absolute Gasteiger partial charge is 0.457 e. The van der Waals surface area contributed by atoms with Gasteiger partial charge in [0.2, 0.25) is 0 Å². The molecule has 1 aromatic rings. The first kappa shape index (κ1) is 11.7. The summed E-state index contributed by atoms with van der Waals surface area (Å²) in [5, 5.41) is 0. The highest BCUT2D eigenvalue weighted by Crippen LogP contribution is 2.00. The predicted octanol–water partition coefficient (Wildman–Crippen LogP) is 2.04. The van der Waals surface area contributed by atoms with Gasteiger partial charge in [-0.3, -0.25) is 9.59 Å². The van der Waals surface area contributed by atoms with Crippen molar-refractivity contribution < 1.29 is 14.3 Å². The normalized spacial score (nSPS) is 9.67. The molecule has 0 aliphatic heterocycles. The first-order valence-corrected chi connectivity index (χ1v) is 5.07. The number of benzene rings is 1. The molecule has 1 rings (SSSR count). The lowest BCUT2D eigenvalue weighted by atomic mass is 10.1. The van der Waals surface area contributed by atoms with E-state index in [-0.39, 0.29) is 24.7 Å². The highest BCUT2D eigenvalue weighted by atomic mass is 35.5. The molecule has 0 N–H and O–H groups in total. The summed E-state index contributed by atoms with van der Waals surface area (Å²) in [6.07, 6.45) is 0.129. The fourth-order valence-electron chi connectivity index (χ4n) is 1.00. The third-order valence-corrected chi connectivity index (χ3v) is 1.95. The van der Waals surface area contributed by atoms with Crippen LogP contribution in [0.3, 0.4) is 0 Å². The number of ether oxygens (including phenoxy) is 1. The molecular weight excluding hydrogens is 216 g/mol. The van der Waals surface area contributed by atoms with Crippen LogP contribution in [0.4, 0.5) is 0 Å². The van der Waals surface area contributed by atoms with Crippen molar-refractivity contribution in [2.45, 2.75) is 6.42 Å². The van der Waals surface area contributed by atoms with Crippen molar-refractivity contribution in [1.29, 1.82) is 0 Å². The SMILES string of the molecule is O=C(CCCl)OCC(=O)c1ccccc1. The fraction of sp³-hybridized carbons (Fsp3) is 0.273. The van der Waals surface area contributed by atoms with E-state index in [1.165, 1.54) is 0 Å². The standard InChI is InChI=1S/C11H11ClO3/c12-7-6-11(14)15-8-10(13)9-4-2-1-3-5-9/h1-5H,6-8H2. The topological polar surface area (TPSA) is 43.4 Å². The summed E-state index contributed by atoms with van der Waals surface area (Å²) in [6, 6.07) is 8.69. The van der Waals surface area contributed by atoms with E-state index in [1.54, 1.807) is 24.3 Å². The Hall–Kier alpha value is -1.35. The second-order valence-electron chi connectivity index (χ2n) is 2.89. The molecule has 0 saturated heterocycles. The second kappa shape index (κ2) is 6.19. The molecular formula is C11H11ClO3. The molecule has 1 aromatic carbocycles. The van der Waals surface area contributed by atoms with Gasteiger partial charge in [-0.1, -0.05) is 30.3 Å². The Morgan fingerprint density at radius 1 is 1.20 bits per heavy atom. The van der Waals surface area contributed by atoms with Crippen molar-refractivity contribution in [2.24, 2.45) is 0 Å². The van der Waals surface area contributed by atoms with Crippen molar-refractivity contribution in [2.75, 3.05) is 12.5 Å². The van der Waals surface area contributed by atoms with Gasteiger partial charge in [0.15, 0.2) is 12.4 Å². The maximum Gasteiger partial charge on any atom is 0.307 e. The molecule has 0 spiro atoms. The van der Waals surface area contributed by atoms with Crippen LogP contribution in [0.5, 0.6) is 0 Å². The molecule has 0 amide bonds. The predicted molar refractivity (Wildman–Crippen MR) is 57.1 cm³/mol. The van der Waals surface area contributed by atoms with Crippen LogP contribution in [-0.4, -0.2) is 24.2 Å². The van der Waals surface area contributed by atoms with E-state index in [0.29, 0.717) is 5.56 Å². The van der Waals surface area contributed by atoms with E-state index in [9.17, 15) is 9.59 Å². The minimum Gasteiger partial charge on any atom is -0.457 e. The van der Waals surface area contributed by atoms with Crippen LogP contribution < -0.4 is 0 Å². The van der Waals surface area contributed by atoms with Gasteiger partial charge in [0, 0.05) is 11.4 Å². The van der Waals surface area contributed by atoms with Crippen LogP contribution in [0.25, 0.3) is 0 Å². The van der Waals surface area contributed by atoms with Crippen LogP contribution >= 0.6 is 11.6 Å². The maximum absolute atomic E-state index is 11.4. The van der Waals surface area contributed by atoms with Crippen molar-refractivity contribution in [3.63, 3.8) is 0 Å². The van der Waals surface area contributed by atoms with E-state index in [0.717, 1.165) is 0 Å². The maximum atomic E-state index is 11.4. The highest BCUT2D eigenvalue weighted by Gasteiger charge is 2.08. The number of hydrogen-bond acceptors (Lipinski definition) is 3. The van der Waals surface area contributed by atoms with Gasteiger partial charge >= 0.3 is 5.97 Å². The Morgan fingerprint density at radius 2 is 1.87 bits per heavy atom. The van der Waals surface area contributed by atoms with E-state index < -0.39 is 5.97 Å². The van der Waals surface area contributed by atoms with Gasteiger partial charge in [-0.15, -0.1) is 11.6 Å².